The number of aliphatic hydroxyl groups is 1. The maximum absolute atomic E-state index is 16.0. The van der Waals surface area contributed by atoms with Crippen molar-refractivity contribution in [2.45, 2.75) is 171 Å². The normalized spacial score (nSPS) is 28.5. The Bertz CT molecular complexity index is 3680. The minimum Gasteiger partial charge on any atom is -0.481 e. The van der Waals surface area contributed by atoms with Crippen molar-refractivity contribution in [3.05, 3.63) is 119 Å². The molecule has 2 saturated carbocycles. The summed E-state index contributed by atoms with van der Waals surface area (Å²) in [6.07, 6.45) is -10.5. The van der Waals surface area contributed by atoms with Crippen molar-refractivity contribution in [1.82, 2.24) is 31.9 Å². The second-order valence-electron chi connectivity index (χ2n) is 26.5. The molecule has 8 rings (SSSR count). The minimum atomic E-state index is -2.38. The van der Waals surface area contributed by atoms with Gasteiger partial charge in [0, 0.05) is 77.2 Å². The van der Waals surface area contributed by atoms with Crippen LogP contribution in [0.15, 0.2) is 107 Å². The number of aliphatic imine (C=N–C) groups is 1. The fourth-order valence-electron chi connectivity index (χ4n) is 14.4. The van der Waals surface area contributed by atoms with Crippen LogP contribution in [0.1, 0.15) is 114 Å². The Balaban J connectivity index is 1.07. The van der Waals surface area contributed by atoms with Gasteiger partial charge < -0.3 is 86.7 Å². The summed E-state index contributed by atoms with van der Waals surface area (Å²) in [4.78, 5) is 172. The van der Waals surface area contributed by atoms with Crippen LogP contribution in [-0.4, -0.2) is 205 Å². The molecule has 15 atom stereocenters. The van der Waals surface area contributed by atoms with Crippen LogP contribution in [0.4, 0.5) is 0 Å². The van der Waals surface area contributed by atoms with Gasteiger partial charge in [0.15, 0.2) is 17.3 Å². The summed E-state index contributed by atoms with van der Waals surface area (Å²) in [7, 11) is 4.93. The van der Waals surface area contributed by atoms with Gasteiger partial charge in [0.2, 0.25) is 41.5 Å². The maximum atomic E-state index is 16.0. The van der Waals surface area contributed by atoms with Gasteiger partial charge in [0.25, 0.3) is 0 Å². The number of benzene rings is 3. The van der Waals surface area contributed by atoms with E-state index < -0.39 is 185 Å². The molecule has 2 saturated heterocycles. The predicted molar refractivity (Wildman–Crippen MR) is 369 cm³/mol. The number of guanidine groups is 1. The smallest absolute Gasteiger partial charge is 0.350 e. The van der Waals surface area contributed by atoms with E-state index in [1.165, 1.54) is 40.2 Å². The van der Waals surface area contributed by atoms with Crippen molar-refractivity contribution in [2.24, 2.45) is 33.2 Å². The van der Waals surface area contributed by atoms with Crippen molar-refractivity contribution < 1.29 is 101 Å². The van der Waals surface area contributed by atoms with Gasteiger partial charge in [-0.1, -0.05) is 114 Å². The number of methoxy groups -OCH3 is 2. The number of Topliss-reactive ketones (excluding diaryl/α,β-unsaturated/α-hetero) is 1. The van der Waals surface area contributed by atoms with E-state index in [9.17, 15) is 58.2 Å². The third kappa shape index (κ3) is 17.9. The number of hydrogen-bond acceptors (Lipinski definition) is 23. The van der Waals surface area contributed by atoms with Crippen molar-refractivity contribution in [1.29, 1.82) is 0 Å². The van der Waals surface area contributed by atoms with Gasteiger partial charge in [-0.25, -0.2) is 9.59 Å². The first-order valence-corrected chi connectivity index (χ1v) is 35.8. The first-order chi connectivity index (χ1) is 48.4. The summed E-state index contributed by atoms with van der Waals surface area (Å²) < 4.78 is 43.8. The molecule has 3 aromatic rings. The largest absolute Gasteiger partial charge is 0.481 e. The Morgan fingerprint density at radius 1 is 0.775 bits per heavy atom. The summed E-state index contributed by atoms with van der Waals surface area (Å²) in [5, 5.41) is 39.1. The molecule has 32 heteroatoms. The quantitative estimate of drug-likeness (QED) is 0.0104. The zero-order chi connectivity index (χ0) is 74.4. The van der Waals surface area contributed by atoms with Crippen LogP contribution in [0.25, 0.3) is 0 Å². The number of nitrogens with zero attached hydrogens (tertiary/aromatic N) is 1. The molecule has 30 nitrogen and oxygen atoms in total. The Hall–Kier alpha value is -8.95. The molecule has 3 aliphatic carbocycles. The maximum Gasteiger partial charge on any atom is 0.350 e. The van der Waals surface area contributed by atoms with Gasteiger partial charge in [-0.2, -0.15) is 0 Å². The highest BCUT2D eigenvalue weighted by atomic mass is 33.1. The summed E-state index contributed by atoms with van der Waals surface area (Å²) in [6.45, 7) is 7.87. The molecule has 3 aromatic carbocycles. The van der Waals surface area contributed by atoms with E-state index in [-0.39, 0.29) is 85.9 Å². The predicted octanol–water partition coefficient (Wildman–Crippen LogP) is 1.73. The SMILES string of the molecule is CO[C@H]1C(=O)[C@]2(C)[C@@H](OC)C[C@H]3OC[C@@]3(OC(C)=O)[C@H]2[C@H](OC(=O)c2ccccc2)[C@]2(O)C[C@H](OC(=O)[C@H](OC(=O)CCCSSC[C@@H]3NC(=O)[C@@H](Cc4ccccc4)NC(=O)[C@H](CC(=O)O)NC(=O)CNC(=O)[C@H](CCCN=C(N)N)NC3=O)[C@@H](NC(C)=O)c3ccccc3)C(C)=C1C2(C)C. The number of hydrogen-bond donors (Lipinski definition) is 10. The van der Waals surface area contributed by atoms with Crippen molar-refractivity contribution >= 4 is 98.6 Å². The lowest BCUT2D eigenvalue weighted by atomic mass is 9.44. The highest BCUT2D eigenvalue weighted by Gasteiger charge is 2.78. The second-order valence-corrected chi connectivity index (χ2v) is 29.1. The average Bonchev–Trinajstić information content (AvgIpc) is 0.669. The van der Waals surface area contributed by atoms with Gasteiger partial charge in [-0.15, -0.1) is 0 Å². The number of ether oxygens (including phenoxy) is 7. The van der Waals surface area contributed by atoms with Gasteiger partial charge >= 0.3 is 29.8 Å². The number of carboxylic acid groups (broad SMARTS) is 1. The standard InChI is InChI=1S/C70H89N9O21S2/c1-37-47(33-70(93)59(99-64(91)42-24-16-11-17-25-42)57-68(6,58(86)55(95-8)53(37)67(70,4)5)48(94-7)32-49-69(57,36-96-49)100-39(3)81)97-65(92)56(54(75-38(2)80)41-22-14-10-15-23-41)98-52(85)27-19-29-101-102-35-46-63(90)77-43(26-18-28-73-66(71)72)60(87)74-34-50(82)76-45(31-51(83)84)62(89)78-44(61(88)79-46)30-40-20-12-9-13-21-40/h9-17,20-25,43-49,54-57,59,93H,18-19,26-36H2,1-8H3,(H,74,87)(H,75,80)(H,76,82)(H,77,90)(H,78,89)(H,79,88)(H,83,84)(H4,71,72,73)/t43-,44+,45-,46-,47-,48-,49+,54-,55+,56+,57-,59-,68+,69-,70+/m0/s1. The fraction of sp³-hybridized carbons (Fsp3) is 0.529. The molecule has 4 fully saturated rings. The van der Waals surface area contributed by atoms with Crippen molar-refractivity contribution in [3.63, 3.8) is 0 Å². The van der Waals surface area contributed by atoms with Crippen LogP contribution < -0.4 is 43.4 Å². The monoisotopic (exact) mass is 1460 g/mol. The third-order valence-electron chi connectivity index (χ3n) is 19.5. The second kappa shape index (κ2) is 34.3. The number of amides is 6. The fourth-order valence-corrected chi connectivity index (χ4v) is 16.6. The van der Waals surface area contributed by atoms with Gasteiger partial charge in [-0.05, 0) is 67.5 Å². The van der Waals surface area contributed by atoms with E-state index in [2.05, 4.69) is 36.9 Å². The summed E-state index contributed by atoms with van der Waals surface area (Å²) in [5.74, 6) is -12.8. The number of ketones is 1. The molecule has 2 bridgehead atoms. The van der Waals surface area contributed by atoms with Crippen LogP contribution in [0.2, 0.25) is 0 Å². The minimum absolute atomic E-state index is 0.0392. The number of nitrogens with one attached hydrogen (secondary N) is 6. The number of aliphatic carboxylic acids is 1. The van der Waals surface area contributed by atoms with E-state index in [1.54, 1.807) is 107 Å². The van der Waals surface area contributed by atoms with Crippen molar-refractivity contribution in [2.75, 3.05) is 45.4 Å². The zero-order valence-corrected chi connectivity index (χ0v) is 59.5. The highest BCUT2D eigenvalue weighted by Crippen LogP contribution is 2.65. The van der Waals surface area contributed by atoms with E-state index in [1.807, 2.05) is 0 Å². The summed E-state index contributed by atoms with van der Waals surface area (Å²) in [6, 6.07) is 17.1. The average molecular weight is 1460 g/mol. The van der Waals surface area contributed by atoms with E-state index >= 15 is 9.59 Å². The first-order valence-electron chi connectivity index (χ1n) is 33.3. The number of carboxylic acids is 1. The Labute approximate surface area is 597 Å². The van der Waals surface area contributed by atoms with E-state index in [0.29, 0.717) is 11.1 Å². The molecule has 12 N–H and O–H groups in total. The molecule has 0 aromatic heterocycles. The first kappa shape index (κ1) is 78.8. The summed E-state index contributed by atoms with van der Waals surface area (Å²) in [5.41, 5.74) is 4.86. The van der Waals surface area contributed by atoms with Gasteiger partial charge in [-0.3, -0.25) is 52.9 Å². The molecule has 0 spiro atoms. The van der Waals surface area contributed by atoms with E-state index in [0.717, 1.165) is 21.6 Å². The molecule has 6 amide bonds. The molecular formula is C70H89N9O21S2. The number of carbonyl (C=O) groups excluding carboxylic acids is 11. The third-order valence-corrected chi connectivity index (χ3v) is 22.0. The van der Waals surface area contributed by atoms with Crippen LogP contribution >= 0.6 is 21.6 Å². The van der Waals surface area contributed by atoms with Crippen LogP contribution in [0.5, 0.6) is 0 Å². The molecule has 102 heavy (non-hydrogen) atoms. The lowest BCUT2D eigenvalue weighted by molar-refractivity contribution is -0.347. The Kier molecular flexibility index (Phi) is 26.5. The highest BCUT2D eigenvalue weighted by molar-refractivity contribution is 8.76. The molecule has 2 aliphatic heterocycles. The Morgan fingerprint density at radius 3 is 2.01 bits per heavy atom. The Morgan fingerprint density at radius 2 is 1.40 bits per heavy atom. The lowest BCUT2D eigenvalue weighted by Crippen LogP contribution is -2.82. The van der Waals surface area contributed by atoms with Crippen LogP contribution in [-0.2, 0) is 92.3 Å². The number of rotatable bonds is 26. The molecular weight excluding hydrogens is 1370 g/mol. The van der Waals surface area contributed by atoms with Crippen LogP contribution in [0, 0.1) is 16.7 Å². The molecule has 0 radical (unpaired) electrons. The number of fused-ring (bicyclic) bond motifs is 5. The van der Waals surface area contributed by atoms with Gasteiger partial charge in [0.1, 0.15) is 60.2 Å². The zero-order valence-electron chi connectivity index (χ0n) is 57.9. The number of nitrogens with two attached hydrogens (primary N) is 2. The number of esters is 4. The van der Waals surface area contributed by atoms with Crippen molar-refractivity contribution in [3.8, 4) is 0 Å². The molecule has 552 valence electrons. The van der Waals surface area contributed by atoms with Crippen LogP contribution in [0.3, 0.4) is 0 Å². The number of carbonyl (C=O) groups is 12. The lowest BCUT2D eigenvalue weighted by Gasteiger charge is -2.67. The van der Waals surface area contributed by atoms with Gasteiger partial charge in [0.05, 0.1) is 42.6 Å². The van der Waals surface area contributed by atoms with E-state index in [4.69, 9.17) is 44.6 Å². The molecule has 5 aliphatic rings. The molecule has 2 heterocycles. The molecule has 0 unspecified atom stereocenters. The summed E-state index contributed by atoms with van der Waals surface area (Å²) >= 11 is 0. The topological polar surface area (TPSA) is 446 Å².